The zero-order chi connectivity index (χ0) is 26.9. The maximum absolute atomic E-state index is 13.6. The number of imide groups is 1. The Kier molecular flexibility index (Phi) is 7.21. The molecule has 2 aromatic carbocycles. The van der Waals surface area contributed by atoms with Gasteiger partial charge in [-0.2, -0.15) is 0 Å². The van der Waals surface area contributed by atoms with Gasteiger partial charge in [-0.05, 0) is 62.6 Å². The summed E-state index contributed by atoms with van der Waals surface area (Å²) >= 11 is 1.44. The van der Waals surface area contributed by atoms with Crippen LogP contribution in [0.1, 0.15) is 69.9 Å². The molecule has 1 aromatic heterocycles. The minimum Gasteiger partial charge on any atom is -0.370 e. The maximum atomic E-state index is 13.6. The summed E-state index contributed by atoms with van der Waals surface area (Å²) in [4.78, 5) is 50.4. The van der Waals surface area contributed by atoms with Gasteiger partial charge in [-0.15, -0.1) is 11.3 Å². The van der Waals surface area contributed by atoms with E-state index < -0.39 is 6.04 Å². The van der Waals surface area contributed by atoms with Crippen LogP contribution in [-0.4, -0.2) is 58.7 Å². The van der Waals surface area contributed by atoms with E-state index in [1.54, 1.807) is 12.3 Å². The summed E-state index contributed by atoms with van der Waals surface area (Å²) in [5.74, 6) is 0.193. The molecular formula is C31H34N4O3S. The molecule has 0 unspecified atom stereocenters. The van der Waals surface area contributed by atoms with Gasteiger partial charge in [-0.1, -0.05) is 36.4 Å². The number of thiazole rings is 1. The number of amides is 3. The topological polar surface area (TPSA) is 73.8 Å². The van der Waals surface area contributed by atoms with E-state index >= 15 is 0 Å². The van der Waals surface area contributed by atoms with Crippen molar-refractivity contribution in [2.24, 2.45) is 11.8 Å². The van der Waals surface area contributed by atoms with Crippen LogP contribution in [0, 0.1) is 11.8 Å². The van der Waals surface area contributed by atoms with Crippen LogP contribution in [0.2, 0.25) is 0 Å². The molecule has 3 aliphatic heterocycles. The molecule has 2 fully saturated rings. The van der Waals surface area contributed by atoms with E-state index in [0.29, 0.717) is 23.6 Å². The van der Waals surface area contributed by atoms with Crippen molar-refractivity contribution in [1.29, 1.82) is 0 Å². The molecule has 2 atom stereocenters. The van der Waals surface area contributed by atoms with Gasteiger partial charge in [-0.25, -0.2) is 4.98 Å². The number of fused-ring (bicyclic) bond motifs is 1. The lowest BCUT2D eigenvalue weighted by atomic mass is 9.88. The molecule has 39 heavy (non-hydrogen) atoms. The van der Waals surface area contributed by atoms with Crippen LogP contribution >= 0.6 is 11.3 Å². The molecule has 0 N–H and O–H groups in total. The molecule has 0 spiro atoms. The Labute approximate surface area is 233 Å². The zero-order valence-electron chi connectivity index (χ0n) is 22.3. The van der Waals surface area contributed by atoms with Crippen molar-refractivity contribution in [2.75, 3.05) is 31.1 Å². The second-order valence-electron chi connectivity index (χ2n) is 11.0. The maximum Gasteiger partial charge on any atom is 0.264 e. The number of benzene rings is 2. The summed E-state index contributed by atoms with van der Waals surface area (Å²) in [5, 5.41) is 2.59. The molecule has 3 aliphatic rings. The third-order valence-corrected chi connectivity index (χ3v) is 9.47. The fraction of sp³-hybridized carbons (Fsp3) is 0.419. The van der Waals surface area contributed by atoms with E-state index in [0.717, 1.165) is 62.4 Å². The van der Waals surface area contributed by atoms with E-state index in [1.165, 1.54) is 21.8 Å². The summed E-state index contributed by atoms with van der Waals surface area (Å²) in [6, 6.07) is 15.7. The largest absolute Gasteiger partial charge is 0.370 e. The average Bonchev–Trinajstić information content (AvgIpc) is 3.60. The summed E-state index contributed by atoms with van der Waals surface area (Å²) in [6.07, 6.45) is 6.57. The van der Waals surface area contributed by atoms with E-state index in [4.69, 9.17) is 0 Å². The molecule has 3 aromatic rings. The highest BCUT2D eigenvalue weighted by Gasteiger charge is 2.43. The van der Waals surface area contributed by atoms with Crippen molar-refractivity contribution in [1.82, 2.24) is 14.8 Å². The van der Waals surface area contributed by atoms with Gasteiger partial charge < -0.3 is 9.80 Å². The summed E-state index contributed by atoms with van der Waals surface area (Å²) in [5.41, 5.74) is 3.03. The Morgan fingerprint density at radius 2 is 1.79 bits per heavy atom. The molecule has 6 rings (SSSR count). The second kappa shape index (κ2) is 10.9. The number of carbonyl (C=O) groups is 3. The molecular weight excluding hydrogens is 508 g/mol. The number of hydrogen-bond acceptors (Lipinski definition) is 6. The first kappa shape index (κ1) is 25.7. The fourth-order valence-electron chi connectivity index (χ4n) is 6.41. The fourth-order valence-corrected chi connectivity index (χ4v) is 7.10. The van der Waals surface area contributed by atoms with E-state index in [1.807, 2.05) is 24.4 Å². The number of aromatic nitrogens is 1. The minimum atomic E-state index is -0.425. The van der Waals surface area contributed by atoms with Gasteiger partial charge >= 0.3 is 0 Å². The first-order valence-electron chi connectivity index (χ1n) is 14.0. The molecule has 2 saturated heterocycles. The molecule has 8 heteroatoms. The number of nitrogens with zero attached hydrogens (tertiary/aromatic N) is 4. The highest BCUT2D eigenvalue weighted by molar-refractivity contribution is 7.09. The quantitative estimate of drug-likeness (QED) is 0.401. The molecule has 202 valence electrons. The van der Waals surface area contributed by atoms with Gasteiger partial charge in [0, 0.05) is 37.8 Å². The summed E-state index contributed by atoms with van der Waals surface area (Å²) in [7, 11) is 0. The lowest BCUT2D eigenvalue weighted by Gasteiger charge is -2.39. The number of likely N-dealkylation sites (tertiary alicyclic amines) is 1. The molecule has 0 saturated carbocycles. The Morgan fingerprint density at radius 3 is 2.54 bits per heavy atom. The smallest absolute Gasteiger partial charge is 0.264 e. The Bertz CT molecular complexity index is 1350. The number of piperidine rings is 2. The van der Waals surface area contributed by atoms with Crippen molar-refractivity contribution in [3.8, 4) is 0 Å². The van der Waals surface area contributed by atoms with E-state index in [9.17, 15) is 14.4 Å². The van der Waals surface area contributed by atoms with Crippen LogP contribution in [0.15, 0.2) is 60.1 Å². The standard InChI is InChI=1S/C31H34N4O3S/c1-21(28-32-14-18-39-28)35-30(37)25-10-5-11-26(27(25)31(35)38)34-15-6-9-24(20-34)29(36)33-16-12-23(13-17-33)19-22-7-3-2-4-8-22/h2-5,7-8,10-11,14,18,21,23-24H,6,9,12-13,15-17,19-20H2,1H3/t21-,24-/m1/s1. The molecule has 7 nitrogen and oxygen atoms in total. The van der Waals surface area contributed by atoms with Gasteiger partial charge in [0.05, 0.1) is 28.8 Å². The molecule has 3 amide bonds. The van der Waals surface area contributed by atoms with Crippen molar-refractivity contribution < 1.29 is 14.4 Å². The monoisotopic (exact) mass is 542 g/mol. The third kappa shape index (κ3) is 4.98. The molecule has 0 aliphatic carbocycles. The van der Waals surface area contributed by atoms with Gasteiger partial charge in [0.1, 0.15) is 5.01 Å². The highest BCUT2D eigenvalue weighted by Crippen LogP contribution is 2.38. The van der Waals surface area contributed by atoms with Crippen LogP contribution in [0.3, 0.4) is 0 Å². The highest BCUT2D eigenvalue weighted by atomic mass is 32.1. The van der Waals surface area contributed by atoms with Gasteiger partial charge in [-0.3, -0.25) is 19.3 Å². The van der Waals surface area contributed by atoms with Crippen molar-refractivity contribution in [3.05, 3.63) is 81.8 Å². The van der Waals surface area contributed by atoms with Gasteiger partial charge in [0.25, 0.3) is 11.8 Å². The molecule has 0 radical (unpaired) electrons. The lowest BCUT2D eigenvalue weighted by Crippen LogP contribution is -2.47. The SMILES string of the molecule is C[C@H](c1nccs1)N1C(=O)c2cccc(N3CCC[C@@H](C(=O)N4CCC(Cc5ccccc5)CC4)C3)c2C1=O. The average molecular weight is 543 g/mol. The Morgan fingerprint density at radius 1 is 1.00 bits per heavy atom. The van der Waals surface area contributed by atoms with Gasteiger partial charge in [0.15, 0.2) is 0 Å². The van der Waals surface area contributed by atoms with Crippen LogP contribution in [-0.2, 0) is 11.2 Å². The Hall–Kier alpha value is -3.52. The van der Waals surface area contributed by atoms with Crippen LogP contribution < -0.4 is 4.90 Å². The predicted octanol–water partition coefficient (Wildman–Crippen LogP) is 5.20. The lowest BCUT2D eigenvalue weighted by molar-refractivity contribution is -0.137. The second-order valence-corrected chi connectivity index (χ2v) is 11.9. The number of hydrogen-bond donors (Lipinski definition) is 0. The summed E-state index contributed by atoms with van der Waals surface area (Å²) < 4.78 is 0. The first-order chi connectivity index (χ1) is 19.0. The van der Waals surface area contributed by atoms with Crippen LogP contribution in [0.4, 0.5) is 5.69 Å². The molecule has 4 heterocycles. The molecule has 0 bridgehead atoms. The normalized spacial score (nSPS) is 20.8. The minimum absolute atomic E-state index is 0.0992. The van der Waals surface area contributed by atoms with E-state index in [2.05, 4.69) is 45.1 Å². The number of rotatable bonds is 6. The van der Waals surface area contributed by atoms with Crippen LogP contribution in [0.5, 0.6) is 0 Å². The summed E-state index contributed by atoms with van der Waals surface area (Å²) in [6.45, 7) is 4.80. The predicted molar refractivity (Wildman–Crippen MR) is 152 cm³/mol. The Balaban J connectivity index is 1.13. The number of anilines is 1. The van der Waals surface area contributed by atoms with Crippen molar-refractivity contribution in [3.63, 3.8) is 0 Å². The first-order valence-corrected chi connectivity index (χ1v) is 14.9. The van der Waals surface area contributed by atoms with Gasteiger partial charge in [0.2, 0.25) is 5.91 Å². The third-order valence-electron chi connectivity index (χ3n) is 8.53. The van der Waals surface area contributed by atoms with Crippen molar-refractivity contribution in [2.45, 2.75) is 45.1 Å². The van der Waals surface area contributed by atoms with E-state index in [-0.39, 0.29) is 23.6 Å². The number of carbonyl (C=O) groups excluding carboxylic acids is 3. The van der Waals surface area contributed by atoms with Crippen molar-refractivity contribution >= 4 is 34.7 Å². The van der Waals surface area contributed by atoms with Crippen LogP contribution in [0.25, 0.3) is 0 Å². The zero-order valence-corrected chi connectivity index (χ0v) is 23.1.